The van der Waals surface area contributed by atoms with Gasteiger partial charge < -0.3 is 14.7 Å². The highest BCUT2D eigenvalue weighted by Crippen LogP contribution is 2.34. The zero-order chi connectivity index (χ0) is 18.0. The van der Waals surface area contributed by atoms with E-state index < -0.39 is 16.1 Å². The lowest BCUT2D eigenvalue weighted by Crippen LogP contribution is -2.41. The summed E-state index contributed by atoms with van der Waals surface area (Å²) in [5, 5.41) is 14.2. The molecule has 0 unspecified atom stereocenters. The second-order valence-electron chi connectivity index (χ2n) is 6.64. The van der Waals surface area contributed by atoms with E-state index >= 15 is 0 Å². The van der Waals surface area contributed by atoms with E-state index in [1.165, 1.54) is 17.0 Å². The Balaban J connectivity index is 1.77. The Labute approximate surface area is 141 Å². The standard InChI is InChI=1S/C15H23N3O5S/c1-15(2)8-11(10-18(15)14(19)20)4-3-7-23-13-6-5-12(9-17-13)24(16,21)22/h5-6,9,11H,3-4,7-8,10H2,1-2H3,(H,19,20)(H2,16,21,22)/t11-/m0/s1. The van der Waals surface area contributed by atoms with Crippen LogP contribution in [-0.2, 0) is 10.0 Å². The van der Waals surface area contributed by atoms with E-state index in [-0.39, 0.29) is 10.4 Å². The van der Waals surface area contributed by atoms with Gasteiger partial charge in [0.15, 0.2) is 0 Å². The van der Waals surface area contributed by atoms with Crippen LogP contribution in [-0.4, -0.2) is 48.2 Å². The van der Waals surface area contributed by atoms with E-state index in [0.717, 1.165) is 25.5 Å². The van der Waals surface area contributed by atoms with Crippen LogP contribution in [0.4, 0.5) is 4.79 Å². The monoisotopic (exact) mass is 357 g/mol. The minimum absolute atomic E-state index is 0.0585. The van der Waals surface area contributed by atoms with E-state index in [4.69, 9.17) is 9.88 Å². The maximum atomic E-state index is 11.2. The van der Waals surface area contributed by atoms with Gasteiger partial charge in [-0.15, -0.1) is 0 Å². The average molecular weight is 357 g/mol. The van der Waals surface area contributed by atoms with Crippen molar-refractivity contribution >= 4 is 16.1 Å². The number of primary sulfonamides is 1. The van der Waals surface area contributed by atoms with Crippen molar-refractivity contribution < 1.29 is 23.1 Å². The number of aromatic nitrogens is 1. The molecule has 1 atom stereocenters. The number of amides is 1. The van der Waals surface area contributed by atoms with Gasteiger partial charge in [0, 0.05) is 18.2 Å². The first-order valence-electron chi connectivity index (χ1n) is 7.72. The van der Waals surface area contributed by atoms with Gasteiger partial charge >= 0.3 is 6.09 Å². The van der Waals surface area contributed by atoms with Crippen LogP contribution in [0.2, 0.25) is 0 Å². The summed E-state index contributed by atoms with van der Waals surface area (Å²) in [4.78, 5) is 16.6. The van der Waals surface area contributed by atoms with Gasteiger partial charge in [-0.2, -0.15) is 0 Å². The van der Waals surface area contributed by atoms with Gasteiger partial charge in [0.05, 0.1) is 12.8 Å². The summed E-state index contributed by atoms with van der Waals surface area (Å²) >= 11 is 0. The average Bonchev–Trinajstić information content (AvgIpc) is 2.78. The fraction of sp³-hybridized carbons (Fsp3) is 0.600. The number of pyridine rings is 1. The van der Waals surface area contributed by atoms with Crippen molar-refractivity contribution in [2.45, 2.75) is 43.5 Å². The molecule has 0 bridgehead atoms. The Bertz CT molecular complexity index is 688. The fourth-order valence-electron chi connectivity index (χ4n) is 3.09. The minimum Gasteiger partial charge on any atom is -0.478 e. The van der Waals surface area contributed by atoms with Gasteiger partial charge in [0.2, 0.25) is 15.9 Å². The highest BCUT2D eigenvalue weighted by atomic mass is 32.2. The van der Waals surface area contributed by atoms with Gasteiger partial charge in [-0.25, -0.2) is 23.3 Å². The van der Waals surface area contributed by atoms with Crippen LogP contribution in [0.25, 0.3) is 0 Å². The largest absolute Gasteiger partial charge is 0.478 e. The molecule has 134 valence electrons. The van der Waals surface area contributed by atoms with Crippen LogP contribution in [0.15, 0.2) is 23.2 Å². The van der Waals surface area contributed by atoms with Crippen LogP contribution < -0.4 is 9.88 Å². The number of carboxylic acid groups (broad SMARTS) is 1. The predicted octanol–water partition coefficient (Wildman–Crippen LogP) is 1.67. The summed E-state index contributed by atoms with van der Waals surface area (Å²) in [5.74, 6) is 0.652. The highest BCUT2D eigenvalue weighted by Gasteiger charge is 2.40. The van der Waals surface area contributed by atoms with E-state index in [1.54, 1.807) is 0 Å². The third-order valence-electron chi connectivity index (χ3n) is 4.23. The second kappa shape index (κ2) is 6.94. The lowest BCUT2D eigenvalue weighted by molar-refractivity contribution is 0.117. The van der Waals surface area contributed by atoms with Gasteiger partial charge in [-0.1, -0.05) is 0 Å². The molecule has 0 aliphatic carbocycles. The molecule has 1 aromatic heterocycles. The van der Waals surface area contributed by atoms with Crippen LogP contribution in [0.5, 0.6) is 5.88 Å². The van der Waals surface area contributed by atoms with E-state index in [9.17, 15) is 18.3 Å². The van der Waals surface area contributed by atoms with Crippen molar-refractivity contribution in [3.8, 4) is 5.88 Å². The molecule has 1 amide bonds. The third kappa shape index (κ3) is 4.57. The lowest BCUT2D eigenvalue weighted by atomic mass is 9.93. The molecule has 1 aliphatic rings. The van der Waals surface area contributed by atoms with E-state index in [1.807, 2.05) is 13.8 Å². The molecule has 0 saturated carbocycles. The molecule has 1 fully saturated rings. The molecule has 0 radical (unpaired) electrons. The molecular formula is C15H23N3O5S. The van der Waals surface area contributed by atoms with Crippen molar-refractivity contribution in [2.24, 2.45) is 11.1 Å². The molecule has 1 aliphatic heterocycles. The quantitative estimate of drug-likeness (QED) is 0.747. The van der Waals surface area contributed by atoms with Crippen molar-refractivity contribution in [1.82, 2.24) is 9.88 Å². The molecule has 0 spiro atoms. The van der Waals surface area contributed by atoms with E-state index in [0.29, 0.717) is 24.9 Å². The Morgan fingerprint density at radius 1 is 1.50 bits per heavy atom. The summed E-state index contributed by atoms with van der Waals surface area (Å²) in [6.45, 7) is 4.86. The van der Waals surface area contributed by atoms with Crippen molar-refractivity contribution in [2.75, 3.05) is 13.2 Å². The number of hydrogen-bond donors (Lipinski definition) is 2. The first-order chi connectivity index (χ1) is 11.1. The summed E-state index contributed by atoms with van der Waals surface area (Å²) in [7, 11) is -3.75. The highest BCUT2D eigenvalue weighted by molar-refractivity contribution is 7.89. The number of ether oxygens (including phenoxy) is 1. The van der Waals surface area contributed by atoms with Crippen LogP contribution in [0.3, 0.4) is 0 Å². The summed E-state index contributed by atoms with van der Waals surface area (Å²) in [6, 6.07) is 2.81. The molecule has 1 aromatic rings. The van der Waals surface area contributed by atoms with Crippen molar-refractivity contribution in [3.63, 3.8) is 0 Å². The first-order valence-corrected chi connectivity index (χ1v) is 9.26. The Morgan fingerprint density at radius 2 is 2.21 bits per heavy atom. The number of hydrogen-bond acceptors (Lipinski definition) is 5. The van der Waals surface area contributed by atoms with Gasteiger partial charge in [-0.05, 0) is 45.1 Å². The smallest absolute Gasteiger partial charge is 0.407 e. The fourth-order valence-corrected chi connectivity index (χ4v) is 3.54. The molecule has 2 rings (SSSR count). The zero-order valence-corrected chi connectivity index (χ0v) is 14.6. The topological polar surface area (TPSA) is 123 Å². The SMILES string of the molecule is CC1(C)C[C@H](CCCOc2ccc(S(N)(=O)=O)cn2)CN1C(=O)O. The predicted molar refractivity (Wildman–Crippen MR) is 87.3 cm³/mol. The first kappa shape index (κ1) is 18.5. The molecule has 1 saturated heterocycles. The maximum Gasteiger partial charge on any atom is 0.407 e. The van der Waals surface area contributed by atoms with Crippen molar-refractivity contribution in [3.05, 3.63) is 18.3 Å². The van der Waals surface area contributed by atoms with E-state index in [2.05, 4.69) is 4.98 Å². The maximum absolute atomic E-state index is 11.2. The number of nitrogens with zero attached hydrogens (tertiary/aromatic N) is 2. The Hall–Kier alpha value is -1.87. The third-order valence-corrected chi connectivity index (χ3v) is 5.13. The normalized spacial score (nSPS) is 20.1. The molecule has 24 heavy (non-hydrogen) atoms. The minimum atomic E-state index is -3.75. The number of likely N-dealkylation sites (tertiary alicyclic amines) is 1. The molecule has 9 heteroatoms. The summed E-state index contributed by atoms with van der Waals surface area (Å²) in [6.07, 6.45) is 2.75. The summed E-state index contributed by atoms with van der Waals surface area (Å²) in [5.41, 5.74) is -0.331. The summed E-state index contributed by atoms with van der Waals surface area (Å²) < 4.78 is 27.7. The number of nitrogens with two attached hydrogens (primary N) is 1. The molecular weight excluding hydrogens is 334 g/mol. The van der Waals surface area contributed by atoms with Gasteiger partial charge in [0.1, 0.15) is 4.90 Å². The van der Waals surface area contributed by atoms with Gasteiger partial charge in [0.25, 0.3) is 0 Å². The Kier molecular flexibility index (Phi) is 5.34. The van der Waals surface area contributed by atoms with Crippen LogP contribution in [0.1, 0.15) is 33.1 Å². The lowest BCUT2D eigenvalue weighted by Gasteiger charge is -2.28. The van der Waals surface area contributed by atoms with Crippen molar-refractivity contribution in [1.29, 1.82) is 0 Å². The molecule has 0 aromatic carbocycles. The van der Waals surface area contributed by atoms with Crippen LogP contribution >= 0.6 is 0 Å². The molecule has 3 N–H and O–H groups in total. The number of carbonyl (C=O) groups is 1. The zero-order valence-electron chi connectivity index (χ0n) is 13.8. The van der Waals surface area contributed by atoms with Crippen LogP contribution in [0, 0.1) is 5.92 Å². The van der Waals surface area contributed by atoms with Gasteiger partial charge in [-0.3, -0.25) is 0 Å². The molecule has 8 nitrogen and oxygen atoms in total. The number of rotatable bonds is 6. The number of sulfonamides is 1. The second-order valence-corrected chi connectivity index (χ2v) is 8.21. The Morgan fingerprint density at radius 3 is 2.71 bits per heavy atom. The molecule has 2 heterocycles.